The van der Waals surface area contributed by atoms with Crippen LogP contribution in [0, 0.1) is 22.7 Å². The van der Waals surface area contributed by atoms with E-state index in [4.69, 9.17) is 11.0 Å². The number of fused-ring (bicyclic) bond motifs is 1. The Labute approximate surface area is 125 Å². The first-order valence-corrected chi connectivity index (χ1v) is 6.11. The zero-order chi connectivity index (χ0) is 16.4. The molecule has 2 aromatic rings. The fourth-order valence-electron chi connectivity index (χ4n) is 1.81. The number of nitrogens with zero attached hydrogens (tertiary/aromatic N) is 7. The molecule has 0 amide bonds. The quantitative estimate of drug-likeness (QED) is 0.602. The van der Waals surface area contributed by atoms with Crippen LogP contribution in [0.4, 0.5) is 11.8 Å². The topological polar surface area (TPSA) is 137 Å². The first-order valence-electron chi connectivity index (χ1n) is 6.11. The molecule has 22 heavy (non-hydrogen) atoms. The summed E-state index contributed by atoms with van der Waals surface area (Å²) in [5.41, 5.74) is 4.87. The number of nitrogens with two attached hydrogens (primary N) is 1. The molecule has 2 rings (SSSR count). The fourth-order valence-corrected chi connectivity index (χ4v) is 1.81. The van der Waals surface area contributed by atoms with Gasteiger partial charge >= 0.3 is 0 Å². The zero-order valence-corrected chi connectivity index (χ0v) is 12.2. The van der Waals surface area contributed by atoms with Gasteiger partial charge in [0.2, 0.25) is 5.95 Å². The average molecular weight is 296 g/mol. The normalized spacial score (nSPS) is 10.6. The van der Waals surface area contributed by atoms with Gasteiger partial charge in [-0.3, -0.25) is 9.36 Å². The third-order valence-electron chi connectivity index (χ3n) is 2.86. The van der Waals surface area contributed by atoms with E-state index in [1.54, 1.807) is 25.1 Å². The Hall–Kier alpha value is -3.46. The summed E-state index contributed by atoms with van der Waals surface area (Å²) < 4.78 is 1.18. The third kappa shape index (κ3) is 2.31. The number of nitrogen functional groups attached to an aromatic ring is 1. The van der Waals surface area contributed by atoms with Crippen LogP contribution in [0.1, 0.15) is 11.1 Å². The molecule has 0 aromatic carbocycles. The number of rotatable bonds is 2. The van der Waals surface area contributed by atoms with E-state index in [0.29, 0.717) is 0 Å². The van der Waals surface area contributed by atoms with E-state index in [2.05, 4.69) is 15.0 Å². The summed E-state index contributed by atoms with van der Waals surface area (Å²) in [6.07, 6.45) is 1.48. The van der Waals surface area contributed by atoms with Gasteiger partial charge < -0.3 is 10.6 Å². The molecule has 0 spiro atoms. The van der Waals surface area contributed by atoms with Crippen LogP contribution in [0.5, 0.6) is 0 Å². The minimum atomic E-state index is -0.517. The van der Waals surface area contributed by atoms with Crippen molar-refractivity contribution in [2.45, 2.75) is 0 Å². The lowest BCUT2D eigenvalue weighted by atomic mass is 10.1. The number of hydrogen-bond donors (Lipinski definition) is 1. The van der Waals surface area contributed by atoms with Gasteiger partial charge in [-0.2, -0.15) is 15.5 Å². The van der Waals surface area contributed by atoms with Gasteiger partial charge in [0.05, 0.1) is 11.9 Å². The first kappa shape index (κ1) is 14.9. The van der Waals surface area contributed by atoms with Crippen LogP contribution in [-0.2, 0) is 7.05 Å². The highest BCUT2D eigenvalue weighted by Gasteiger charge is 2.19. The molecule has 9 nitrogen and oxygen atoms in total. The predicted molar refractivity (Wildman–Crippen MR) is 80.5 cm³/mol. The number of hydrogen-bond acceptors (Lipinski definition) is 7. The molecular weight excluding hydrogens is 284 g/mol. The van der Waals surface area contributed by atoms with Crippen LogP contribution in [0.15, 0.2) is 9.79 Å². The maximum atomic E-state index is 12.4. The predicted octanol–water partition coefficient (Wildman–Crippen LogP) is -0.125. The van der Waals surface area contributed by atoms with Crippen molar-refractivity contribution in [2.24, 2.45) is 12.0 Å². The Balaban J connectivity index is 2.93. The van der Waals surface area contributed by atoms with Crippen molar-refractivity contribution in [1.82, 2.24) is 19.4 Å². The average Bonchev–Trinajstić information content (AvgIpc) is 2.47. The first-order chi connectivity index (χ1) is 10.4. The van der Waals surface area contributed by atoms with Gasteiger partial charge in [-0.15, -0.1) is 0 Å². The van der Waals surface area contributed by atoms with Gasteiger partial charge in [0, 0.05) is 21.1 Å². The third-order valence-corrected chi connectivity index (χ3v) is 2.86. The summed E-state index contributed by atoms with van der Waals surface area (Å²) in [4.78, 5) is 26.3. The summed E-state index contributed by atoms with van der Waals surface area (Å²) >= 11 is 0. The number of nitriles is 2. The highest BCUT2D eigenvalue weighted by Crippen LogP contribution is 2.21. The summed E-state index contributed by atoms with van der Waals surface area (Å²) in [5, 5.41) is 18.3. The smallest absolute Gasteiger partial charge is 0.265 e. The lowest BCUT2D eigenvalue weighted by Crippen LogP contribution is -2.21. The van der Waals surface area contributed by atoms with Crippen molar-refractivity contribution in [3.8, 4) is 12.1 Å². The van der Waals surface area contributed by atoms with Crippen LogP contribution >= 0.6 is 0 Å². The summed E-state index contributed by atoms with van der Waals surface area (Å²) in [6.45, 7) is 0. The Morgan fingerprint density at radius 2 is 1.91 bits per heavy atom. The Morgan fingerprint density at radius 3 is 2.45 bits per heavy atom. The molecule has 2 aromatic heterocycles. The molecule has 0 saturated carbocycles. The highest BCUT2D eigenvalue weighted by atomic mass is 16.1. The minimum Gasteiger partial charge on any atom is -0.382 e. The van der Waals surface area contributed by atoms with E-state index in [9.17, 15) is 10.1 Å². The Bertz CT molecular complexity index is 926. The van der Waals surface area contributed by atoms with Crippen molar-refractivity contribution >= 4 is 29.1 Å². The van der Waals surface area contributed by atoms with Crippen LogP contribution in [0.3, 0.4) is 0 Å². The zero-order valence-electron chi connectivity index (χ0n) is 12.2. The molecule has 110 valence electrons. The molecule has 2 N–H and O–H groups in total. The molecule has 0 saturated heterocycles. The standard InChI is InChI=1S/C13H12N8O/c1-20(2)6-17-13-19-11-9(12(22)21(13)3)7(4-14)8(5-15)10(16)18-11/h6H,1-3H3,(H2,16,18). The van der Waals surface area contributed by atoms with Gasteiger partial charge in [0.25, 0.3) is 5.56 Å². The molecule has 0 aliphatic carbocycles. The van der Waals surface area contributed by atoms with Gasteiger partial charge in [-0.05, 0) is 0 Å². The molecule has 0 aliphatic heterocycles. The van der Waals surface area contributed by atoms with E-state index in [-0.39, 0.29) is 33.9 Å². The molecule has 0 radical (unpaired) electrons. The van der Waals surface area contributed by atoms with Gasteiger partial charge in [0.15, 0.2) is 5.65 Å². The van der Waals surface area contributed by atoms with Crippen LogP contribution in [0.2, 0.25) is 0 Å². The summed E-state index contributed by atoms with van der Waals surface area (Å²) in [7, 11) is 5.01. The van der Waals surface area contributed by atoms with Crippen LogP contribution < -0.4 is 11.3 Å². The number of pyridine rings is 1. The number of anilines is 1. The molecule has 0 aliphatic rings. The molecule has 0 unspecified atom stereocenters. The number of aliphatic imine (C=N–C) groups is 1. The molecular formula is C13H12N8O. The Morgan fingerprint density at radius 1 is 1.27 bits per heavy atom. The summed E-state index contributed by atoms with van der Waals surface area (Å²) in [6, 6.07) is 3.61. The molecule has 0 bridgehead atoms. The molecule has 2 heterocycles. The largest absolute Gasteiger partial charge is 0.382 e. The Kier molecular flexibility index (Phi) is 3.73. The fraction of sp³-hybridized carbons (Fsp3) is 0.231. The SMILES string of the molecule is CN(C)C=Nc1nc2nc(N)c(C#N)c(C#N)c2c(=O)n1C. The van der Waals surface area contributed by atoms with Crippen molar-refractivity contribution < 1.29 is 0 Å². The van der Waals surface area contributed by atoms with E-state index >= 15 is 0 Å². The molecule has 0 atom stereocenters. The minimum absolute atomic E-state index is 0.0120. The molecule has 0 fully saturated rings. The highest BCUT2D eigenvalue weighted by molar-refractivity contribution is 5.87. The van der Waals surface area contributed by atoms with E-state index in [1.807, 2.05) is 6.07 Å². The van der Waals surface area contributed by atoms with Gasteiger partial charge in [-0.1, -0.05) is 0 Å². The van der Waals surface area contributed by atoms with Crippen molar-refractivity contribution in [1.29, 1.82) is 10.5 Å². The van der Waals surface area contributed by atoms with Crippen LogP contribution in [-0.4, -0.2) is 39.9 Å². The second-order valence-electron chi connectivity index (χ2n) is 4.65. The van der Waals surface area contributed by atoms with Crippen molar-refractivity contribution in [2.75, 3.05) is 19.8 Å². The maximum absolute atomic E-state index is 12.4. The monoisotopic (exact) mass is 296 g/mol. The molecule has 9 heteroatoms. The number of aromatic nitrogens is 3. The van der Waals surface area contributed by atoms with Gasteiger partial charge in [-0.25, -0.2) is 9.98 Å². The van der Waals surface area contributed by atoms with Crippen molar-refractivity contribution in [3.63, 3.8) is 0 Å². The van der Waals surface area contributed by atoms with Gasteiger partial charge in [0.1, 0.15) is 28.9 Å². The van der Waals surface area contributed by atoms with Crippen molar-refractivity contribution in [3.05, 3.63) is 21.5 Å². The van der Waals surface area contributed by atoms with E-state index in [0.717, 1.165) is 0 Å². The van der Waals surface area contributed by atoms with E-state index in [1.165, 1.54) is 18.0 Å². The maximum Gasteiger partial charge on any atom is 0.265 e. The van der Waals surface area contributed by atoms with E-state index < -0.39 is 5.56 Å². The second-order valence-corrected chi connectivity index (χ2v) is 4.65. The second kappa shape index (κ2) is 5.50. The lowest BCUT2D eigenvalue weighted by molar-refractivity contribution is 0.641. The summed E-state index contributed by atoms with van der Waals surface area (Å²) in [5.74, 6) is -0.0264. The lowest BCUT2D eigenvalue weighted by Gasteiger charge is -2.08. The van der Waals surface area contributed by atoms with Crippen LogP contribution in [0.25, 0.3) is 11.0 Å².